The van der Waals surface area contributed by atoms with Crippen LogP contribution in [0.5, 0.6) is 0 Å². The normalized spacial score (nSPS) is 25.0. The van der Waals surface area contributed by atoms with Crippen LogP contribution in [0.3, 0.4) is 0 Å². The lowest BCUT2D eigenvalue weighted by Crippen LogP contribution is -2.46. The fourth-order valence-corrected chi connectivity index (χ4v) is 3.89. The number of carbonyl (C=O) groups excluding carboxylic acids is 1. The molecule has 2 saturated heterocycles. The van der Waals surface area contributed by atoms with Gasteiger partial charge in [0.2, 0.25) is 10.6 Å². The van der Waals surface area contributed by atoms with Gasteiger partial charge in [-0.1, -0.05) is 80.0 Å². The van der Waals surface area contributed by atoms with E-state index >= 15 is 0 Å². The van der Waals surface area contributed by atoms with Crippen LogP contribution in [0.25, 0.3) is 0 Å². The lowest BCUT2D eigenvalue weighted by atomic mass is 9.80. The van der Waals surface area contributed by atoms with Crippen LogP contribution in [-0.4, -0.2) is 54.1 Å². The van der Waals surface area contributed by atoms with Crippen molar-refractivity contribution in [3.63, 3.8) is 0 Å². The second-order valence-corrected chi connectivity index (χ2v) is 10.3. The molecule has 0 radical (unpaired) electrons. The number of carbonyl (C=O) groups is 1. The minimum absolute atomic E-state index is 0.0231. The van der Waals surface area contributed by atoms with Gasteiger partial charge in [0.15, 0.2) is 11.5 Å². The van der Waals surface area contributed by atoms with E-state index in [1.54, 1.807) is 23.1 Å². The summed E-state index contributed by atoms with van der Waals surface area (Å²) in [4.78, 5) is 14.1. The fourth-order valence-electron chi connectivity index (χ4n) is 3.72. The van der Waals surface area contributed by atoms with Crippen LogP contribution in [0.1, 0.15) is 20.3 Å². The second-order valence-electron chi connectivity index (χ2n) is 7.74. The molecule has 0 N–H and O–H groups in total. The minimum atomic E-state index is -1.69. The number of allylic oxidation sites excluding steroid dienone is 7. The molecule has 3 rings (SSSR count). The maximum absolute atomic E-state index is 13.7. The number of halogens is 4. The molecule has 0 aromatic heterocycles. The van der Waals surface area contributed by atoms with Crippen molar-refractivity contribution in [1.82, 2.24) is 4.90 Å². The van der Waals surface area contributed by atoms with Crippen LogP contribution in [-0.2, 0) is 18.9 Å². The Kier molecular flexibility index (Phi) is 11.5. The van der Waals surface area contributed by atoms with Crippen molar-refractivity contribution in [3.05, 3.63) is 72.5 Å². The van der Waals surface area contributed by atoms with Crippen molar-refractivity contribution in [2.24, 2.45) is 11.8 Å². The third kappa shape index (κ3) is 9.47. The van der Waals surface area contributed by atoms with E-state index in [-0.39, 0.29) is 31.8 Å². The molecule has 0 aromatic carbocycles. The molecule has 194 valence electrons. The number of rotatable bonds is 6. The molecule has 0 spiro atoms. The second kappa shape index (κ2) is 13.9. The first-order valence-corrected chi connectivity index (χ1v) is 12.4. The summed E-state index contributed by atoms with van der Waals surface area (Å²) < 4.78 is 33.5. The summed E-state index contributed by atoms with van der Waals surface area (Å²) in [6.07, 6.45) is 8.85. The summed E-state index contributed by atoms with van der Waals surface area (Å²) in [6, 6.07) is 0. The topological polar surface area (TPSA) is 57.2 Å². The molecule has 6 nitrogen and oxygen atoms in total. The van der Waals surface area contributed by atoms with Crippen molar-refractivity contribution in [3.8, 4) is 0 Å². The molecule has 2 fully saturated rings. The van der Waals surface area contributed by atoms with Crippen LogP contribution in [0.4, 0.5) is 9.18 Å². The number of likely N-dealkylation sites (tertiary alicyclic amines) is 1. The van der Waals surface area contributed by atoms with Gasteiger partial charge in [0.25, 0.3) is 0 Å². The zero-order valence-electron chi connectivity index (χ0n) is 19.9. The first-order chi connectivity index (χ1) is 16.6. The van der Waals surface area contributed by atoms with Crippen LogP contribution >= 0.6 is 34.8 Å². The van der Waals surface area contributed by atoms with Gasteiger partial charge in [0.05, 0.1) is 6.61 Å². The van der Waals surface area contributed by atoms with E-state index in [1.807, 2.05) is 19.9 Å². The van der Waals surface area contributed by atoms with Crippen molar-refractivity contribution < 1.29 is 28.1 Å². The molecule has 1 aliphatic carbocycles. The van der Waals surface area contributed by atoms with Gasteiger partial charge in [-0.2, -0.15) is 0 Å². The zero-order valence-corrected chi connectivity index (χ0v) is 22.1. The van der Waals surface area contributed by atoms with Gasteiger partial charge in [-0.25, -0.2) is 9.18 Å². The van der Waals surface area contributed by atoms with Crippen molar-refractivity contribution in [1.29, 1.82) is 0 Å². The van der Waals surface area contributed by atoms with E-state index in [9.17, 15) is 9.18 Å². The monoisotopic (exact) mass is 549 g/mol. The van der Waals surface area contributed by atoms with Crippen LogP contribution in [0.2, 0.25) is 0 Å². The van der Waals surface area contributed by atoms with Crippen LogP contribution in [0.15, 0.2) is 72.5 Å². The van der Waals surface area contributed by atoms with Gasteiger partial charge < -0.3 is 23.8 Å². The van der Waals surface area contributed by atoms with E-state index in [0.717, 1.165) is 5.57 Å². The van der Waals surface area contributed by atoms with Crippen molar-refractivity contribution in [2.45, 2.75) is 30.2 Å². The molecule has 2 aliphatic heterocycles. The predicted octanol–water partition coefficient (Wildman–Crippen LogP) is 6.78. The maximum atomic E-state index is 13.7. The van der Waals surface area contributed by atoms with Gasteiger partial charge in [-0.3, -0.25) is 0 Å². The highest BCUT2D eigenvalue weighted by molar-refractivity contribution is 6.67. The number of amides is 1. The number of ether oxygens (including phenoxy) is 4. The van der Waals surface area contributed by atoms with Crippen LogP contribution < -0.4 is 0 Å². The molecule has 0 aromatic rings. The Morgan fingerprint density at radius 3 is 2.69 bits per heavy atom. The number of hydrogen-bond acceptors (Lipinski definition) is 5. The molecule has 1 amide bonds. The smallest absolute Gasteiger partial charge is 0.409 e. The summed E-state index contributed by atoms with van der Waals surface area (Å²) in [5, 5.41) is 0. The molecule has 35 heavy (non-hydrogen) atoms. The number of hydrogen-bond donors (Lipinski definition) is 0. The van der Waals surface area contributed by atoms with Gasteiger partial charge in [-0.05, 0) is 30.1 Å². The molecule has 3 unspecified atom stereocenters. The van der Waals surface area contributed by atoms with E-state index in [0.29, 0.717) is 36.8 Å². The van der Waals surface area contributed by atoms with E-state index in [1.165, 1.54) is 12.2 Å². The molecule has 10 heteroatoms. The number of alkyl halides is 4. The van der Waals surface area contributed by atoms with Crippen molar-refractivity contribution >= 4 is 40.9 Å². The highest BCUT2D eigenvalue weighted by atomic mass is 35.6. The first-order valence-electron chi connectivity index (χ1n) is 11.3. The first kappa shape index (κ1) is 29.1. The molecule has 3 aliphatic rings. The Morgan fingerprint density at radius 1 is 1.29 bits per heavy atom. The molecule has 2 heterocycles. The highest BCUT2D eigenvalue weighted by Crippen LogP contribution is 2.34. The maximum Gasteiger partial charge on any atom is 0.409 e. The Balaban J connectivity index is 0.00000210. The van der Waals surface area contributed by atoms with Gasteiger partial charge in [0.1, 0.15) is 18.5 Å². The minimum Gasteiger partial charge on any atom is -0.494 e. The number of piperidine rings is 1. The molecule has 3 atom stereocenters. The summed E-state index contributed by atoms with van der Waals surface area (Å²) in [6.45, 7) is 12.4. The summed E-state index contributed by atoms with van der Waals surface area (Å²) in [5.41, 5.74) is 0.958. The molecular formula is C25H31Cl3FNO5. The standard InChI is InChI=1S/C23H25Cl3FNO5.C2H6/c1-15(10-21-16(2)32-14-33-21)30-12-18-11-28(22(29)31-13-23(24,25)26)9-8-20(18)17-4-3-5-19(27)7-6-17;1-2/h3-7,10,18-20H,1-2,8-9,11-14H2;1-2H3/b21-10+;. The Morgan fingerprint density at radius 2 is 2.03 bits per heavy atom. The highest BCUT2D eigenvalue weighted by Gasteiger charge is 2.35. The zero-order chi connectivity index (χ0) is 26.0. The third-order valence-electron chi connectivity index (χ3n) is 5.33. The van der Waals surface area contributed by atoms with E-state index in [2.05, 4.69) is 13.2 Å². The van der Waals surface area contributed by atoms with E-state index < -0.39 is 16.1 Å². The molecular weight excluding hydrogens is 520 g/mol. The predicted molar refractivity (Wildman–Crippen MR) is 137 cm³/mol. The fraction of sp³-hybridized carbons (Fsp3) is 0.480. The SMILES string of the molecule is C=C(/C=C1/OCOC1=C)OCC1CN(C(=O)OCC(Cl)(Cl)Cl)CCC1C1=CC=CC(F)C=C1.CC. The summed E-state index contributed by atoms with van der Waals surface area (Å²) in [7, 11) is 0. The molecule has 0 saturated carbocycles. The average Bonchev–Trinajstić information content (AvgIpc) is 3.09. The van der Waals surface area contributed by atoms with Gasteiger partial charge in [-0.15, -0.1) is 0 Å². The summed E-state index contributed by atoms with van der Waals surface area (Å²) in [5.74, 6) is 1.11. The molecule has 0 bridgehead atoms. The van der Waals surface area contributed by atoms with E-state index in [4.69, 9.17) is 53.8 Å². The third-order valence-corrected chi connectivity index (χ3v) is 5.66. The Hall–Kier alpha value is -2.09. The van der Waals surface area contributed by atoms with Gasteiger partial charge >= 0.3 is 6.09 Å². The van der Waals surface area contributed by atoms with Crippen molar-refractivity contribution in [2.75, 3.05) is 33.1 Å². The van der Waals surface area contributed by atoms with Crippen LogP contribution in [0, 0.1) is 11.8 Å². The largest absolute Gasteiger partial charge is 0.494 e. The number of nitrogens with zero attached hydrogens (tertiary/aromatic N) is 1. The Bertz CT molecular complexity index is 894. The average molecular weight is 551 g/mol. The lowest BCUT2D eigenvalue weighted by Gasteiger charge is -2.38. The van der Waals surface area contributed by atoms with Gasteiger partial charge in [0, 0.05) is 25.1 Å². The summed E-state index contributed by atoms with van der Waals surface area (Å²) >= 11 is 17.1. The lowest BCUT2D eigenvalue weighted by molar-refractivity contribution is 0.0526. The Labute approximate surface area is 221 Å². The quantitative estimate of drug-likeness (QED) is 0.269.